The van der Waals surface area contributed by atoms with E-state index in [4.69, 9.17) is 5.73 Å². The smallest absolute Gasteiger partial charge is 0.220 e. The lowest BCUT2D eigenvalue weighted by Gasteiger charge is -2.14. The minimum atomic E-state index is -0.648. The van der Waals surface area contributed by atoms with Gasteiger partial charge in [-0.15, -0.1) is 0 Å². The van der Waals surface area contributed by atoms with Gasteiger partial charge in [0.1, 0.15) is 0 Å². The Kier molecular flexibility index (Phi) is 5.83. The van der Waals surface area contributed by atoms with Crippen LogP contribution in [0.5, 0.6) is 0 Å². The number of aliphatic hydroxyl groups is 1. The fourth-order valence-corrected chi connectivity index (χ4v) is 1.75. The summed E-state index contributed by atoms with van der Waals surface area (Å²) in [5, 5.41) is 12.9. The molecule has 0 aliphatic heterocycles. The first-order chi connectivity index (χ1) is 8.93. The number of nitrogens with two attached hydrogens (primary N) is 1. The van der Waals surface area contributed by atoms with Crippen molar-refractivity contribution in [1.82, 2.24) is 5.32 Å². The van der Waals surface area contributed by atoms with E-state index in [0.29, 0.717) is 18.5 Å². The lowest BCUT2D eigenvalue weighted by Crippen LogP contribution is -2.31. The number of rotatable bonds is 6. The zero-order valence-corrected chi connectivity index (χ0v) is 11.9. The quantitative estimate of drug-likeness (QED) is 0.690. The van der Waals surface area contributed by atoms with Crippen molar-refractivity contribution in [2.45, 2.75) is 52.2 Å². The zero-order valence-electron chi connectivity index (χ0n) is 11.9. The molecule has 19 heavy (non-hydrogen) atoms. The molecular weight excluding hydrogens is 240 g/mol. The van der Waals surface area contributed by atoms with Gasteiger partial charge in [0.25, 0.3) is 0 Å². The topological polar surface area (TPSA) is 75.3 Å². The maximum atomic E-state index is 11.6. The lowest BCUT2D eigenvalue weighted by atomic mass is 10.0. The highest BCUT2D eigenvalue weighted by Gasteiger charge is 2.12. The Hall–Kier alpha value is -1.55. The van der Waals surface area contributed by atoms with Gasteiger partial charge in [0.15, 0.2) is 0 Å². The van der Waals surface area contributed by atoms with E-state index in [-0.39, 0.29) is 11.9 Å². The van der Waals surface area contributed by atoms with Crippen molar-refractivity contribution in [3.63, 3.8) is 0 Å². The number of aryl methyl sites for hydroxylation is 1. The number of benzene rings is 1. The summed E-state index contributed by atoms with van der Waals surface area (Å²) in [4.78, 5) is 11.6. The SMILES string of the molecule is CCC(C)NC(=O)CCC(O)c1ccc(C)c(N)c1. The minimum Gasteiger partial charge on any atom is -0.399 e. The summed E-state index contributed by atoms with van der Waals surface area (Å²) in [6, 6.07) is 5.68. The summed E-state index contributed by atoms with van der Waals surface area (Å²) in [6.07, 6.45) is 0.984. The molecule has 2 unspecified atom stereocenters. The molecule has 4 nitrogen and oxygen atoms in total. The van der Waals surface area contributed by atoms with Gasteiger partial charge >= 0.3 is 0 Å². The highest BCUT2D eigenvalue weighted by atomic mass is 16.3. The molecule has 2 atom stereocenters. The van der Waals surface area contributed by atoms with Crippen LogP contribution < -0.4 is 11.1 Å². The average molecular weight is 264 g/mol. The van der Waals surface area contributed by atoms with Gasteiger partial charge in [-0.1, -0.05) is 19.1 Å². The third-order valence-corrected chi connectivity index (χ3v) is 3.35. The summed E-state index contributed by atoms with van der Waals surface area (Å²) in [5.74, 6) is -0.0199. The Morgan fingerprint density at radius 2 is 2.16 bits per heavy atom. The van der Waals surface area contributed by atoms with E-state index < -0.39 is 6.10 Å². The van der Waals surface area contributed by atoms with Gasteiger partial charge in [0.05, 0.1) is 6.10 Å². The minimum absolute atomic E-state index is 0.0199. The van der Waals surface area contributed by atoms with Crippen LogP contribution in [0.25, 0.3) is 0 Å². The highest BCUT2D eigenvalue weighted by molar-refractivity contribution is 5.76. The summed E-state index contributed by atoms with van der Waals surface area (Å²) < 4.78 is 0. The molecule has 0 aliphatic rings. The molecule has 4 N–H and O–H groups in total. The molecule has 0 fully saturated rings. The number of hydrogen-bond donors (Lipinski definition) is 3. The molecule has 106 valence electrons. The van der Waals surface area contributed by atoms with Crippen LogP contribution in [-0.4, -0.2) is 17.1 Å². The molecular formula is C15H24N2O2. The molecule has 0 bridgehead atoms. The van der Waals surface area contributed by atoms with Crippen molar-refractivity contribution >= 4 is 11.6 Å². The number of hydrogen-bond acceptors (Lipinski definition) is 3. The highest BCUT2D eigenvalue weighted by Crippen LogP contribution is 2.22. The van der Waals surface area contributed by atoms with Gasteiger partial charge in [0.2, 0.25) is 5.91 Å². The summed E-state index contributed by atoms with van der Waals surface area (Å²) in [6.45, 7) is 5.91. The van der Waals surface area contributed by atoms with E-state index in [2.05, 4.69) is 5.32 Å². The van der Waals surface area contributed by atoms with Crippen LogP contribution in [0.4, 0.5) is 5.69 Å². The van der Waals surface area contributed by atoms with Gasteiger partial charge in [-0.3, -0.25) is 4.79 Å². The van der Waals surface area contributed by atoms with Crippen molar-refractivity contribution in [2.75, 3.05) is 5.73 Å². The second-order valence-corrected chi connectivity index (χ2v) is 5.05. The maximum absolute atomic E-state index is 11.6. The van der Waals surface area contributed by atoms with Crippen LogP contribution in [0.2, 0.25) is 0 Å². The van der Waals surface area contributed by atoms with E-state index in [1.54, 1.807) is 6.07 Å². The number of carbonyl (C=O) groups excluding carboxylic acids is 1. The Bertz CT molecular complexity index is 432. The molecule has 1 aromatic carbocycles. The monoisotopic (exact) mass is 264 g/mol. The molecule has 1 rings (SSSR count). The number of anilines is 1. The third kappa shape index (κ3) is 4.91. The fraction of sp³-hybridized carbons (Fsp3) is 0.533. The number of amides is 1. The molecule has 0 spiro atoms. The summed E-state index contributed by atoms with van der Waals surface area (Å²) in [7, 11) is 0. The van der Waals surface area contributed by atoms with Crippen molar-refractivity contribution in [3.8, 4) is 0 Å². The first-order valence-corrected chi connectivity index (χ1v) is 6.77. The Morgan fingerprint density at radius 3 is 2.74 bits per heavy atom. The number of nitrogens with one attached hydrogen (secondary N) is 1. The average Bonchev–Trinajstić information content (AvgIpc) is 2.39. The van der Waals surface area contributed by atoms with Gasteiger partial charge < -0.3 is 16.2 Å². The van der Waals surface area contributed by atoms with Crippen molar-refractivity contribution in [3.05, 3.63) is 29.3 Å². The van der Waals surface area contributed by atoms with Crippen molar-refractivity contribution in [1.29, 1.82) is 0 Å². The second-order valence-electron chi connectivity index (χ2n) is 5.05. The predicted octanol–water partition coefficient (Wildman–Crippen LogP) is 2.31. The molecule has 0 aliphatic carbocycles. The Morgan fingerprint density at radius 1 is 1.47 bits per heavy atom. The molecule has 1 amide bonds. The van der Waals surface area contributed by atoms with Crippen LogP contribution in [0.15, 0.2) is 18.2 Å². The van der Waals surface area contributed by atoms with Crippen LogP contribution in [0, 0.1) is 6.92 Å². The van der Waals surface area contributed by atoms with E-state index in [1.165, 1.54) is 0 Å². The standard InChI is InChI=1S/C15H24N2O2/c1-4-11(3)17-15(19)8-7-14(18)12-6-5-10(2)13(16)9-12/h5-6,9,11,14,18H,4,7-8,16H2,1-3H3,(H,17,19). The number of nitrogen functional groups attached to an aromatic ring is 1. The largest absolute Gasteiger partial charge is 0.399 e. The first-order valence-electron chi connectivity index (χ1n) is 6.77. The second kappa shape index (κ2) is 7.14. The Balaban J connectivity index is 2.48. The summed E-state index contributed by atoms with van der Waals surface area (Å²) in [5.41, 5.74) is 8.23. The number of aliphatic hydroxyl groups excluding tert-OH is 1. The molecule has 4 heteroatoms. The van der Waals surface area contributed by atoms with Gasteiger partial charge in [-0.05, 0) is 43.9 Å². The molecule has 0 aromatic heterocycles. The van der Waals surface area contributed by atoms with Gasteiger partial charge in [0, 0.05) is 18.2 Å². The molecule has 0 heterocycles. The molecule has 0 radical (unpaired) electrons. The van der Waals surface area contributed by atoms with Crippen LogP contribution in [0.3, 0.4) is 0 Å². The molecule has 0 saturated heterocycles. The van der Waals surface area contributed by atoms with Gasteiger partial charge in [-0.25, -0.2) is 0 Å². The predicted molar refractivity (Wildman–Crippen MR) is 77.7 cm³/mol. The molecule has 0 saturated carbocycles. The fourth-order valence-electron chi connectivity index (χ4n) is 1.75. The van der Waals surface area contributed by atoms with E-state index in [0.717, 1.165) is 17.5 Å². The van der Waals surface area contributed by atoms with Crippen molar-refractivity contribution in [2.24, 2.45) is 0 Å². The third-order valence-electron chi connectivity index (χ3n) is 3.35. The first kappa shape index (κ1) is 15.5. The van der Waals surface area contributed by atoms with E-state index >= 15 is 0 Å². The van der Waals surface area contributed by atoms with E-state index in [9.17, 15) is 9.90 Å². The van der Waals surface area contributed by atoms with Crippen LogP contribution in [-0.2, 0) is 4.79 Å². The van der Waals surface area contributed by atoms with Gasteiger partial charge in [-0.2, -0.15) is 0 Å². The number of carbonyl (C=O) groups is 1. The maximum Gasteiger partial charge on any atom is 0.220 e. The normalized spacial score (nSPS) is 13.9. The molecule has 1 aromatic rings. The van der Waals surface area contributed by atoms with Crippen molar-refractivity contribution < 1.29 is 9.90 Å². The Labute approximate surface area is 115 Å². The zero-order chi connectivity index (χ0) is 14.4. The van der Waals surface area contributed by atoms with Crippen LogP contribution >= 0.6 is 0 Å². The lowest BCUT2D eigenvalue weighted by molar-refractivity contribution is -0.122. The van der Waals surface area contributed by atoms with E-state index in [1.807, 2.05) is 32.9 Å². The van der Waals surface area contributed by atoms with Crippen LogP contribution in [0.1, 0.15) is 50.3 Å². The summed E-state index contributed by atoms with van der Waals surface area (Å²) >= 11 is 0.